The average Bonchev–Trinajstić information content (AvgIpc) is 2.76. The third-order valence-electron chi connectivity index (χ3n) is 3.63. The Hall–Kier alpha value is -1.35. The van der Waals surface area contributed by atoms with E-state index < -0.39 is 10.2 Å². The Morgan fingerprint density at radius 3 is 2.39 bits per heavy atom. The predicted molar refractivity (Wildman–Crippen MR) is 90.8 cm³/mol. The molecule has 0 aliphatic carbocycles. The van der Waals surface area contributed by atoms with Gasteiger partial charge in [-0.2, -0.15) is 17.0 Å². The van der Waals surface area contributed by atoms with Crippen molar-refractivity contribution in [1.82, 2.24) is 13.5 Å². The molecule has 1 aliphatic heterocycles. The van der Waals surface area contributed by atoms with Gasteiger partial charge in [-0.1, -0.05) is 11.6 Å². The van der Waals surface area contributed by atoms with Gasteiger partial charge in [-0.05, 0) is 30.7 Å². The van der Waals surface area contributed by atoms with Gasteiger partial charge in [0.25, 0.3) is 10.2 Å². The number of hydrogen-bond donors (Lipinski definition) is 1. The summed E-state index contributed by atoms with van der Waals surface area (Å²) < 4.78 is 26.9. The van der Waals surface area contributed by atoms with Crippen LogP contribution in [0.1, 0.15) is 6.42 Å². The van der Waals surface area contributed by atoms with Crippen LogP contribution in [0.2, 0.25) is 5.02 Å². The lowest BCUT2D eigenvalue weighted by Gasteiger charge is -2.24. The summed E-state index contributed by atoms with van der Waals surface area (Å²) in [6.07, 6.45) is 0.598. The molecule has 1 heterocycles. The molecule has 1 fully saturated rings. The molecule has 2 rings (SSSR count). The van der Waals surface area contributed by atoms with Crippen molar-refractivity contribution in [3.05, 3.63) is 29.3 Å². The smallest absolute Gasteiger partial charge is 0.321 e. The number of carbonyl (C=O) groups excluding carboxylic acids is 1. The Kier molecular flexibility index (Phi) is 5.85. The number of halogens is 1. The molecule has 0 bridgehead atoms. The maximum Gasteiger partial charge on any atom is 0.321 e. The van der Waals surface area contributed by atoms with E-state index in [1.165, 1.54) is 22.7 Å². The Balaban J connectivity index is 1.97. The molecule has 0 saturated carbocycles. The molecule has 0 spiro atoms. The highest BCUT2D eigenvalue weighted by atomic mass is 35.5. The van der Waals surface area contributed by atoms with Crippen molar-refractivity contribution < 1.29 is 13.2 Å². The van der Waals surface area contributed by atoms with Gasteiger partial charge in [-0.3, -0.25) is 0 Å². The molecule has 2 amide bonds. The summed E-state index contributed by atoms with van der Waals surface area (Å²) >= 11 is 5.81. The van der Waals surface area contributed by atoms with E-state index in [9.17, 15) is 13.2 Å². The highest BCUT2D eigenvalue weighted by Crippen LogP contribution is 2.15. The van der Waals surface area contributed by atoms with Crippen molar-refractivity contribution in [3.8, 4) is 0 Å². The monoisotopic (exact) mass is 360 g/mol. The summed E-state index contributed by atoms with van der Waals surface area (Å²) in [4.78, 5) is 13.9. The number of nitrogens with one attached hydrogen (secondary N) is 1. The molecule has 0 unspecified atom stereocenters. The zero-order valence-corrected chi connectivity index (χ0v) is 14.8. The van der Waals surface area contributed by atoms with E-state index in [4.69, 9.17) is 11.6 Å². The fourth-order valence-electron chi connectivity index (χ4n) is 2.29. The van der Waals surface area contributed by atoms with Crippen molar-refractivity contribution in [3.63, 3.8) is 0 Å². The lowest BCUT2D eigenvalue weighted by molar-refractivity contribution is 0.214. The number of anilines is 1. The van der Waals surface area contributed by atoms with Gasteiger partial charge < -0.3 is 10.2 Å². The molecular weight excluding hydrogens is 340 g/mol. The lowest BCUT2D eigenvalue weighted by atomic mass is 10.3. The highest BCUT2D eigenvalue weighted by molar-refractivity contribution is 7.86. The van der Waals surface area contributed by atoms with Crippen molar-refractivity contribution in [2.45, 2.75) is 6.42 Å². The Labute approximate surface area is 142 Å². The van der Waals surface area contributed by atoms with Crippen LogP contribution >= 0.6 is 11.6 Å². The maximum absolute atomic E-state index is 12.3. The van der Waals surface area contributed by atoms with E-state index in [-0.39, 0.29) is 12.6 Å². The SMILES string of the molecule is CN(C)S(=O)(=O)N1CCCN(C(=O)Nc2ccc(Cl)cc2)CC1. The first-order valence-electron chi connectivity index (χ1n) is 7.30. The minimum Gasteiger partial charge on any atom is -0.323 e. The second-order valence-electron chi connectivity index (χ2n) is 5.47. The van der Waals surface area contributed by atoms with Gasteiger partial charge in [-0.25, -0.2) is 4.79 Å². The van der Waals surface area contributed by atoms with Crippen LogP contribution in [-0.2, 0) is 10.2 Å². The standard InChI is InChI=1S/C14H21ClN4O3S/c1-17(2)23(21,22)19-9-3-8-18(10-11-19)14(20)16-13-6-4-12(15)5-7-13/h4-7H,3,8-11H2,1-2H3,(H,16,20). The van der Waals surface area contributed by atoms with Crippen LogP contribution in [0.5, 0.6) is 0 Å². The number of carbonyl (C=O) groups is 1. The van der Waals surface area contributed by atoms with Gasteiger partial charge in [0, 0.05) is 51.0 Å². The number of urea groups is 1. The van der Waals surface area contributed by atoms with Crippen LogP contribution in [0.15, 0.2) is 24.3 Å². The molecule has 128 valence electrons. The minimum absolute atomic E-state index is 0.239. The molecule has 1 aliphatic rings. The molecule has 1 aromatic carbocycles. The average molecular weight is 361 g/mol. The Morgan fingerprint density at radius 1 is 1.13 bits per heavy atom. The van der Waals surface area contributed by atoms with Gasteiger partial charge in [0.05, 0.1) is 0 Å². The van der Waals surface area contributed by atoms with Crippen molar-refractivity contribution >= 4 is 33.5 Å². The number of nitrogens with zero attached hydrogens (tertiary/aromatic N) is 3. The number of benzene rings is 1. The van der Waals surface area contributed by atoms with Gasteiger partial charge in [0.15, 0.2) is 0 Å². The van der Waals surface area contributed by atoms with Crippen molar-refractivity contribution in [1.29, 1.82) is 0 Å². The first-order valence-corrected chi connectivity index (χ1v) is 9.07. The van der Waals surface area contributed by atoms with E-state index in [2.05, 4.69) is 5.32 Å². The third-order valence-corrected chi connectivity index (χ3v) is 5.82. The van der Waals surface area contributed by atoms with E-state index in [0.29, 0.717) is 36.8 Å². The molecule has 23 heavy (non-hydrogen) atoms. The lowest BCUT2D eigenvalue weighted by Crippen LogP contribution is -2.43. The second-order valence-corrected chi connectivity index (χ2v) is 8.05. The molecule has 0 aromatic heterocycles. The van der Waals surface area contributed by atoms with Crippen LogP contribution < -0.4 is 5.32 Å². The van der Waals surface area contributed by atoms with Crippen LogP contribution in [-0.4, -0.2) is 68.2 Å². The molecule has 1 aromatic rings. The van der Waals surface area contributed by atoms with E-state index >= 15 is 0 Å². The number of rotatable bonds is 3. The molecule has 0 radical (unpaired) electrons. The number of amides is 2. The van der Waals surface area contributed by atoms with Crippen LogP contribution in [0.25, 0.3) is 0 Å². The van der Waals surface area contributed by atoms with Crippen molar-refractivity contribution in [2.24, 2.45) is 0 Å². The third kappa shape index (κ3) is 4.57. The fraction of sp³-hybridized carbons (Fsp3) is 0.500. The molecule has 1 N–H and O–H groups in total. The topological polar surface area (TPSA) is 73.0 Å². The van der Waals surface area contributed by atoms with Gasteiger partial charge in [0.2, 0.25) is 0 Å². The largest absolute Gasteiger partial charge is 0.323 e. The summed E-state index contributed by atoms with van der Waals surface area (Å²) in [5.41, 5.74) is 0.654. The molecule has 9 heteroatoms. The molecule has 7 nitrogen and oxygen atoms in total. The van der Waals surface area contributed by atoms with Gasteiger partial charge >= 0.3 is 6.03 Å². The van der Waals surface area contributed by atoms with E-state index in [1.807, 2.05) is 0 Å². The molecule has 1 saturated heterocycles. The summed E-state index contributed by atoms with van der Waals surface area (Å²) in [7, 11) is -0.432. The first kappa shape index (κ1) is 18.0. The Morgan fingerprint density at radius 2 is 1.78 bits per heavy atom. The quantitative estimate of drug-likeness (QED) is 0.891. The summed E-state index contributed by atoms with van der Waals surface area (Å²) in [5, 5.41) is 3.39. The molecular formula is C14H21ClN4O3S. The normalized spacial score (nSPS) is 17.1. The van der Waals surface area contributed by atoms with Gasteiger partial charge in [0.1, 0.15) is 0 Å². The maximum atomic E-state index is 12.3. The van der Waals surface area contributed by atoms with Crippen molar-refractivity contribution in [2.75, 3.05) is 45.6 Å². The fourth-order valence-corrected chi connectivity index (χ4v) is 3.55. The minimum atomic E-state index is -3.44. The zero-order chi connectivity index (χ0) is 17.0. The van der Waals surface area contributed by atoms with Crippen LogP contribution in [0, 0.1) is 0 Å². The molecule has 0 atom stereocenters. The van der Waals surface area contributed by atoms with Gasteiger partial charge in [-0.15, -0.1) is 0 Å². The zero-order valence-electron chi connectivity index (χ0n) is 13.2. The summed E-state index contributed by atoms with van der Waals surface area (Å²) in [6.45, 7) is 1.56. The summed E-state index contributed by atoms with van der Waals surface area (Å²) in [6, 6.07) is 6.61. The predicted octanol–water partition coefficient (Wildman–Crippen LogP) is 1.69. The first-order chi connectivity index (χ1) is 10.8. The van der Waals surface area contributed by atoms with Crippen LogP contribution in [0.3, 0.4) is 0 Å². The van der Waals surface area contributed by atoms with E-state index in [0.717, 1.165) is 0 Å². The summed E-state index contributed by atoms with van der Waals surface area (Å²) in [5.74, 6) is 0. The van der Waals surface area contributed by atoms with Crippen LogP contribution in [0.4, 0.5) is 10.5 Å². The number of hydrogen-bond acceptors (Lipinski definition) is 3. The highest BCUT2D eigenvalue weighted by Gasteiger charge is 2.28. The second kappa shape index (κ2) is 7.48. The Bertz CT molecular complexity index is 648. The van der Waals surface area contributed by atoms with E-state index in [1.54, 1.807) is 29.2 Å².